The van der Waals surface area contributed by atoms with Crippen molar-refractivity contribution >= 4 is 5.91 Å². The Morgan fingerprint density at radius 1 is 0.793 bits per heavy atom. The first-order valence-electron chi connectivity index (χ1n) is 12.1. The molecule has 1 rings (SSSR count). The molecule has 0 aliphatic rings. The molecule has 1 N–H and O–H groups in total. The third kappa shape index (κ3) is 14.2. The van der Waals surface area contributed by atoms with Gasteiger partial charge in [0.25, 0.3) is 5.91 Å². The molecule has 1 aromatic carbocycles. The topological polar surface area (TPSA) is 38.3 Å². The maximum atomic E-state index is 11.9. The summed E-state index contributed by atoms with van der Waals surface area (Å²) < 4.78 is 5.62. The van der Waals surface area contributed by atoms with E-state index in [4.69, 9.17) is 4.74 Å². The number of unbranched alkanes of at least 4 members (excludes halogenated alkanes) is 13. The highest BCUT2D eigenvalue weighted by Crippen LogP contribution is 2.18. The van der Waals surface area contributed by atoms with E-state index in [9.17, 15) is 4.79 Å². The van der Waals surface area contributed by atoms with E-state index in [0.29, 0.717) is 0 Å². The summed E-state index contributed by atoms with van der Waals surface area (Å²) >= 11 is 0. The Hall–Kier alpha value is -1.51. The normalized spacial score (nSPS) is 10.9. The highest BCUT2D eigenvalue weighted by atomic mass is 16.5. The van der Waals surface area contributed by atoms with Gasteiger partial charge in [0.05, 0.1) is 0 Å². The number of benzene rings is 1. The Labute approximate surface area is 180 Å². The Morgan fingerprint density at radius 2 is 1.31 bits per heavy atom. The lowest BCUT2D eigenvalue weighted by Gasteiger charge is -2.10. The van der Waals surface area contributed by atoms with Crippen molar-refractivity contribution in [1.29, 1.82) is 0 Å². The Morgan fingerprint density at radius 3 is 1.83 bits per heavy atom. The smallest absolute Gasteiger partial charge is 0.257 e. The lowest BCUT2D eigenvalue weighted by Crippen LogP contribution is -2.29. The van der Waals surface area contributed by atoms with Gasteiger partial charge in [-0.1, -0.05) is 108 Å². The molecule has 0 aromatic heterocycles. The van der Waals surface area contributed by atoms with E-state index in [1.54, 1.807) is 0 Å². The number of carbonyl (C=O) groups is 1. The molecule has 0 heterocycles. The second kappa shape index (κ2) is 17.4. The fourth-order valence-electron chi connectivity index (χ4n) is 3.70. The standard InChI is InChI=1S/C26H45NO2/c1-4-5-6-7-8-9-10-11-12-13-14-15-16-17-20-27-26(28)22-29-25-19-18-23(2)21-24(25)3/h18-19,21H,4-17,20,22H2,1-3H3,(H,27,28). The van der Waals surface area contributed by atoms with Gasteiger partial charge in [-0.25, -0.2) is 0 Å². The van der Waals surface area contributed by atoms with E-state index in [-0.39, 0.29) is 12.5 Å². The Balaban J connectivity index is 1.85. The van der Waals surface area contributed by atoms with Crippen molar-refractivity contribution in [3.05, 3.63) is 29.3 Å². The van der Waals surface area contributed by atoms with Crippen LogP contribution in [0.5, 0.6) is 5.75 Å². The molecule has 0 atom stereocenters. The monoisotopic (exact) mass is 403 g/mol. The molecule has 3 heteroatoms. The molecule has 0 saturated carbocycles. The van der Waals surface area contributed by atoms with E-state index < -0.39 is 0 Å². The van der Waals surface area contributed by atoms with E-state index in [1.807, 2.05) is 19.1 Å². The lowest BCUT2D eigenvalue weighted by molar-refractivity contribution is -0.123. The highest BCUT2D eigenvalue weighted by Gasteiger charge is 2.04. The van der Waals surface area contributed by atoms with Crippen LogP contribution in [0.15, 0.2) is 18.2 Å². The molecule has 3 nitrogen and oxygen atoms in total. The minimum absolute atomic E-state index is 0.0281. The first-order valence-corrected chi connectivity index (χ1v) is 12.1. The molecule has 1 aromatic rings. The predicted molar refractivity (Wildman–Crippen MR) is 125 cm³/mol. The minimum Gasteiger partial charge on any atom is -0.484 e. The quantitative estimate of drug-likeness (QED) is 0.261. The third-order valence-corrected chi connectivity index (χ3v) is 5.54. The lowest BCUT2D eigenvalue weighted by atomic mass is 10.0. The zero-order chi connectivity index (χ0) is 21.2. The zero-order valence-electron chi connectivity index (χ0n) is 19.4. The fraction of sp³-hybridized carbons (Fsp3) is 0.731. The molecule has 0 unspecified atom stereocenters. The summed E-state index contributed by atoms with van der Waals surface area (Å²) in [6.45, 7) is 7.20. The number of hydrogen-bond donors (Lipinski definition) is 1. The third-order valence-electron chi connectivity index (χ3n) is 5.54. The summed E-state index contributed by atoms with van der Waals surface area (Å²) in [4.78, 5) is 11.9. The molecule has 1 amide bonds. The summed E-state index contributed by atoms with van der Waals surface area (Å²) in [6.07, 6.45) is 18.9. The van der Waals surface area contributed by atoms with Gasteiger partial charge < -0.3 is 10.1 Å². The number of rotatable bonds is 18. The summed E-state index contributed by atoms with van der Waals surface area (Å²) in [5, 5.41) is 2.96. The summed E-state index contributed by atoms with van der Waals surface area (Å²) in [5.74, 6) is 0.766. The second-order valence-electron chi connectivity index (χ2n) is 8.50. The van der Waals surface area contributed by atoms with Crippen LogP contribution < -0.4 is 10.1 Å². The Bertz CT molecular complexity index is 542. The maximum Gasteiger partial charge on any atom is 0.257 e. The van der Waals surface area contributed by atoms with Crippen molar-refractivity contribution in [1.82, 2.24) is 5.32 Å². The van der Waals surface area contributed by atoms with Gasteiger partial charge in [0.1, 0.15) is 5.75 Å². The van der Waals surface area contributed by atoms with Crippen molar-refractivity contribution in [2.75, 3.05) is 13.2 Å². The van der Waals surface area contributed by atoms with Gasteiger partial charge in [-0.3, -0.25) is 4.79 Å². The van der Waals surface area contributed by atoms with Crippen LogP contribution in [0.25, 0.3) is 0 Å². The number of ether oxygens (including phenoxy) is 1. The summed E-state index contributed by atoms with van der Waals surface area (Å²) in [6, 6.07) is 6.02. The van der Waals surface area contributed by atoms with Crippen molar-refractivity contribution < 1.29 is 9.53 Å². The van der Waals surface area contributed by atoms with Crippen LogP contribution >= 0.6 is 0 Å². The van der Waals surface area contributed by atoms with Crippen LogP contribution in [0.3, 0.4) is 0 Å². The highest BCUT2D eigenvalue weighted by molar-refractivity contribution is 5.77. The van der Waals surface area contributed by atoms with Gasteiger partial charge in [0.2, 0.25) is 0 Å². The maximum absolute atomic E-state index is 11.9. The number of hydrogen-bond acceptors (Lipinski definition) is 2. The molecule has 29 heavy (non-hydrogen) atoms. The van der Waals surface area contributed by atoms with E-state index in [0.717, 1.165) is 24.3 Å². The van der Waals surface area contributed by atoms with Crippen LogP contribution in [0.1, 0.15) is 108 Å². The van der Waals surface area contributed by atoms with Crippen LogP contribution in [0, 0.1) is 13.8 Å². The van der Waals surface area contributed by atoms with Gasteiger partial charge in [-0.2, -0.15) is 0 Å². The number of aryl methyl sites for hydroxylation is 2. The largest absolute Gasteiger partial charge is 0.484 e. The van der Waals surface area contributed by atoms with E-state index in [2.05, 4.69) is 25.2 Å². The summed E-state index contributed by atoms with van der Waals surface area (Å²) in [7, 11) is 0. The van der Waals surface area contributed by atoms with Crippen LogP contribution in [0.4, 0.5) is 0 Å². The van der Waals surface area contributed by atoms with Gasteiger partial charge >= 0.3 is 0 Å². The second-order valence-corrected chi connectivity index (χ2v) is 8.50. The number of carbonyl (C=O) groups excluding carboxylic acids is 1. The fourth-order valence-corrected chi connectivity index (χ4v) is 3.70. The molecule has 0 radical (unpaired) electrons. The molecular formula is C26H45NO2. The van der Waals surface area contributed by atoms with Crippen molar-refractivity contribution in [2.24, 2.45) is 0 Å². The van der Waals surface area contributed by atoms with Crippen LogP contribution in [-0.4, -0.2) is 19.1 Å². The van der Waals surface area contributed by atoms with Gasteiger partial charge in [0, 0.05) is 6.54 Å². The van der Waals surface area contributed by atoms with Crippen LogP contribution in [-0.2, 0) is 4.79 Å². The van der Waals surface area contributed by atoms with E-state index >= 15 is 0 Å². The molecule has 0 aliphatic carbocycles. The van der Waals surface area contributed by atoms with Crippen molar-refractivity contribution in [3.8, 4) is 5.75 Å². The van der Waals surface area contributed by atoms with Gasteiger partial charge in [-0.15, -0.1) is 0 Å². The zero-order valence-corrected chi connectivity index (χ0v) is 19.4. The minimum atomic E-state index is -0.0281. The Kier molecular flexibility index (Phi) is 15.3. The first kappa shape index (κ1) is 25.5. The SMILES string of the molecule is CCCCCCCCCCCCCCCCNC(=O)COc1ccc(C)cc1C. The van der Waals surface area contributed by atoms with Gasteiger partial charge in [-0.05, 0) is 31.9 Å². The molecule has 166 valence electrons. The van der Waals surface area contributed by atoms with Crippen LogP contribution in [0.2, 0.25) is 0 Å². The van der Waals surface area contributed by atoms with E-state index in [1.165, 1.54) is 89.0 Å². The molecule has 0 aliphatic heterocycles. The number of amides is 1. The molecule has 0 bridgehead atoms. The molecule has 0 fully saturated rings. The average Bonchev–Trinajstić information content (AvgIpc) is 2.70. The molecular weight excluding hydrogens is 358 g/mol. The first-order chi connectivity index (χ1) is 14.1. The van der Waals surface area contributed by atoms with Crippen molar-refractivity contribution in [2.45, 2.75) is 111 Å². The van der Waals surface area contributed by atoms with Crippen molar-refractivity contribution in [3.63, 3.8) is 0 Å². The summed E-state index contributed by atoms with van der Waals surface area (Å²) in [5.41, 5.74) is 2.28. The molecule has 0 spiro atoms. The molecule has 0 saturated heterocycles. The average molecular weight is 404 g/mol. The number of nitrogens with one attached hydrogen (secondary N) is 1. The van der Waals surface area contributed by atoms with Gasteiger partial charge in [0.15, 0.2) is 6.61 Å². The predicted octanol–water partition coefficient (Wildman–Crippen LogP) is 7.28.